The van der Waals surface area contributed by atoms with Gasteiger partial charge in [-0.15, -0.1) is 0 Å². The average Bonchev–Trinajstić information content (AvgIpc) is 2.43. The van der Waals surface area contributed by atoms with Gasteiger partial charge in [0, 0.05) is 6.42 Å². The van der Waals surface area contributed by atoms with E-state index in [1.807, 2.05) is 6.92 Å². The quantitative estimate of drug-likeness (QED) is 0.465. The van der Waals surface area contributed by atoms with Crippen LogP contribution in [0.15, 0.2) is 0 Å². The van der Waals surface area contributed by atoms with Crippen LogP contribution in [0.25, 0.3) is 0 Å². The Hall–Kier alpha value is -0.120. The molecule has 9 heavy (non-hydrogen) atoms. The third-order valence-corrected chi connectivity index (χ3v) is 1.84. The van der Waals surface area contributed by atoms with Gasteiger partial charge in [-0.3, -0.25) is 0 Å². The van der Waals surface area contributed by atoms with E-state index in [2.05, 4.69) is 0 Å². The van der Waals surface area contributed by atoms with Gasteiger partial charge in [-0.25, -0.2) is 0 Å². The molecule has 2 aliphatic heterocycles. The lowest BCUT2D eigenvalue weighted by molar-refractivity contribution is -0.149. The fraction of sp³-hybridized carbons (Fsp3) is 1.00. The number of hydrogen-bond acceptors (Lipinski definition) is 3. The highest BCUT2D eigenvalue weighted by molar-refractivity contribution is 4.92. The predicted molar refractivity (Wildman–Crippen MR) is 29.8 cm³/mol. The maximum absolute atomic E-state index is 9.04. The van der Waals surface area contributed by atoms with Crippen LogP contribution in [0.3, 0.4) is 0 Å². The van der Waals surface area contributed by atoms with Crippen LogP contribution in [-0.4, -0.2) is 29.7 Å². The van der Waals surface area contributed by atoms with Crippen LogP contribution in [0.4, 0.5) is 0 Å². The summed E-state index contributed by atoms with van der Waals surface area (Å²) in [5.74, 6) is 0. The topological polar surface area (TPSA) is 42.0 Å². The molecule has 0 aromatic rings. The first-order valence-corrected chi connectivity index (χ1v) is 3.26. The molecule has 1 N–H and O–H groups in total. The number of ether oxygens (including phenoxy) is 2. The zero-order valence-corrected chi connectivity index (χ0v) is 5.28. The van der Waals surface area contributed by atoms with Crippen molar-refractivity contribution >= 4 is 0 Å². The van der Waals surface area contributed by atoms with Crippen molar-refractivity contribution in [1.82, 2.24) is 0 Å². The lowest BCUT2D eigenvalue weighted by atomic mass is 10.1. The van der Waals surface area contributed by atoms with E-state index in [4.69, 9.17) is 14.6 Å². The second kappa shape index (κ2) is 1.68. The van der Waals surface area contributed by atoms with Crippen molar-refractivity contribution < 1.29 is 14.6 Å². The van der Waals surface area contributed by atoms with Crippen LogP contribution in [0, 0.1) is 0 Å². The van der Waals surface area contributed by atoms with E-state index in [1.54, 1.807) is 0 Å². The molecule has 2 saturated heterocycles. The molecule has 0 aromatic heterocycles. The maximum atomic E-state index is 9.04. The molecule has 0 aliphatic carbocycles. The van der Waals surface area contributed by atoms with Gasteiger partial charge in [0.25, 0.3) is 0 Å². The molecule has 52 valence electrons. The van der Waals surface area contributed by atoms with E-state index >= 15 is 0 Å². The second-order valence-corrected chi connectivity index (χ2v) is 2.71. The molecular formula is C6H10O3. The zero-order chi connectivity index (χ0) is 6.43. The monoisotopic (exact) mass is 130 g/mol. The molecule has 0 aromatic carbocycles. The number of aliphatic hydroxyl groups excluding tert-OH is 1. The second-order valence-electron chi connectivity index (χ2n) is 2.71. The van der Waals surface area contributed by atoms with E-state index in [1.165, 1.54) is 0 Å². The molecule has 3 heteroatoms. The summed E-state index contributed by atoms with van der Waals surface area (Å²) in [7, 11) is 0. The number of hydrogen-bond donors (Lipinski definition) is 1. The lowest BCUT2D eigenvalue weighted by Crippen LogP contribution is -2.31. The fourth-order valence-electron chi connectivity index (χ4n) is 1.30. The van der Waals surface area contributed by atoms with Gasteiger partial charge in [0.2, 0.25) is 0 Å². The zero-order valence-electron chi connectivity index (χ0n) is 5.28. The number of fused-ring (bicyclic) bond motifs is 1. The Balaban J connectivity index is 1.99. The molecular weight excluding hydrogens is 120 g/mol. The molecule has 0 radical (unpaired) electrons. The number of rotatable bonds is 0. The Morgan fingerprint density at radius 3 is 2.89 bits per heavy atom. The number of aliphatic hydroxyl groups is 1. The molecule has 4 atom stereocenters. The van der Waals surface area contributed by atoms with Gasteiger partial charge in [-0.05, 0) is 6.92 Å². The van der Waals surface area contributed by atoms with Gasteiger partial charge in [-0.2, -0.15) is 0 Å². The van der Waals surface area contributed by atoms with Crippen LogP contribution >= 0.6 is 0 Å². The summed E-state index contributed by atoms with van der Waals surface area (Å²) in [6.45, 7) is 1.95. The Kier molecular flexibility index (Phi) is 1.06. The molecule has 0 amide bonds. The van der Waals surface area contributed by atoms with Crippen molar-refractivity contribution in [2.75, 3.05) is 0 Å². The Morgan fingerprint density at radius 1 is 1.44 bits per heavy atom. The van der Waals surface area contributed by atoms with E-state index in [-0.39, 0.29) is 18.3 Å². The van der Waals surface area contributed by atoms with E-state index in [0.717, 1.165) is 6.42 Å². The van der Waals surface area contributed by atoms with Gasteiger partial charge in [0.05, 0.1) is 12.2 Å². The van der Waals surface area contributed by atoms with Gasteiger partial charge < -0.3 is 14.6 Å². The van der Waals surface area contributed by atoms with Crippen LogP contribution in [-0.2, 0) is 9.47 Å². The van der Waals surface area contributed by atoms with Crippen molar-refractivity contribution in [2.45, 2.75) is 37.9 Å². The van der Waals surface area contributed by atoms with E-state index < -0.39 is 6.29 Å². The van der Waals surface area contributed by atoms with Crippen LogP contribution in [0.2, 0.25) is 0 Å². The molecule has 3 nitrogen and oxygen atoms in total. The van der Waals surface area contributed by atoms with E-state index in [9.17, 15) is 0 Å². The Morgan fingerprint density at radius 2 is 2.22 bits per heavy atom. The van der Waals surface area contributed by atoms with Crippen LogP contribution < -0.4 is 0 Å². The molecule has 0 unspecified atom stereocenters. The summed E-state index contributed by atoms with van der Waals surface area (Å²) in [6, 6.07) is 0. The van der Waals surface area contributed by atoms with Crippen molar-refractivity contribution in [3.63, 3.8) is 0 Å². The highest BCUT2D eigenvalue weighted by Gasteiger charge is 2.49. The normalized spacial score (nSPS) is 56.7. The van der Waals surface area contributed by atoms with Gasteiger partial charge in [0.1, 0.15) is 6.10 Å². The fourth-order valence-corrected chi connectivity index (χ4v) is 1.30. The average molecular weight is 130 g/mol. The molecule has 0 bridgehead atoms. The first kappa shape index (κ1) is 5.65. The van der Waals surface area contributed by atoms with Crippen LogP contribution in [0.5, 0.6) is 0 Å². The minimum absolute atomic E-state index is 0.0128. The first-order valence-electron chi connectivity index (χ1n) is 3.26. The first-order chi connectivity index (χ1) is 4.27. The number of epoxide rings is 1. The molecule has 0 saturated carbocycles. The van der Waals surface area contributed by atoms with E-state index in [0.29, 0.717) is 0 Å². The highest BCUT2D eigenvalue weighted by Crippen LogP contribution is 2.35. The predicted octanol–water partition coefficient (Wildman–Crippen LogP) is -0.119. The van der Waals surface area contributed by atoms with Crippen molar-refractivity contribution in [3.8, 4) is 0 Å². The summed E-state index contributed by atoms with van der Waals surface area (Å²) in [6.07, 6.45) is 0.689. The van der Waals surface area contributed by atoms with Crippen molar-refractivity contribution in [2.24, 2.45) is 0 Å². The largest absolute Gasteiger partial charge is 0.366 e. The molecule has 2 rings (SSSR count). The minimum atomic E-state index is -0.668. The minimum Gasteiger partial charge on any atom is -0.366 e. The summed E-state index contributed by atoms with van der Waals surface area (Å²) < 4.78 is 10.2. The van der Waals surface area contributed by atoms with Crippen molar-refractivity contribution in [1.29, 1.82) is 0 Å². The molecule has 2 aliphatic rings. The summed E-state index contributed by atoms with van der Waals surface area (Å²) >= 11 is 0. The van der Waals surface area contributed by atoms with Crippen LogP contribution in [0.1, 0.15) is 13.3 Å². The Bertz CT molecular complexity index is 125. The summed E-state index contributed by atoms with van der Waals surface area (Å²) in [5, 5.41) is 9.04. The highest BCUT2D eigenvalue weighted by atomic mass is 16.7. The van der Waals surface area contributed by atoms with Gasteiger partial charge >= 0.3 is 0 Å². The third kappa shape index (κ3) is 0.852. The molecule has 2 heterocycles. The smallest absolute Gasteiger partial charge is 0.184 e. The third-order valence-electron chi connectivity index (χ3n) is 1.84. The summed E-state index contributed by atoms with van der Waals surface area (Å²) in [4.78, 5) is 0. The maximum Gasteiger partial charge on any atom is 0.184 e. The van der Waals surface area contributed by atoms with Gasteiger partial charge in [0.15, 0.2) is 6.29 Å². The molecule has 2 fully saturated rings. The molecule has 0 spiro atoms. The summed E-state index contributed by atoms with van der Waals surface area (Å²) in [5.41, 5.74) is 0. The van der Waals surface area contributed by atoms with Gasteiger partial charge in [-0.1, -0.05) is 0 Å². The Labute approximate surface area is 53.6 Å². The standard InChI is InChI=1S/C6H10O3/c1-3-2-4-5(9-4)6(7)8-3/h3-7H,2H2,1H3/t3-,4-,5+,6+/m1/s1. The SMILES string of the molecule is C[C@@H]1C[C@H]2O[C@@H]2[C@@H](O)O1. The van der Waals surface area contributed by atoms with Crippen molar-refractivity contribution in [3.05, 3.63) is 0 Å². The lowest BCUT2D eigenvalue weighted by Gasteiger charge is -2.19.